The highest BCUT2D eigenvalue weighted by atomic mass is 16.8. The molecule has 5 nitrogen and oxygen atoms in total. The number of benzene rings is 1. The monoisotopic (exact) mass is 277 g/mol. The maximum atomic E-state index is 6.11. The summed E-state index contributed by atoms with van der Waals surface area (Å²) in [6.45, 7) is 5.47. The van der Waals surface area contributed by atoms with Gasteiger partial charge in [-0.05, 0) is 18.6 Å². The quantitative estimate of drug-likeness (QED) is 0.775. The zero-order valence-electron chi connectivity index (χ0n) is 11.8. The van der Waals surface area contributed by atoms with E-state index in [9.17, 15) is 0 Å². The molecule has 0 unspecified atom stereocenters. The molecule has 3 aliphatic heterocycles. The summed E-state index contributed by atoms with van der Waals surface area (Å²) in [5.41, 5.74) is 1.15. The van der Waals surface area contributed by atoms with Gasteiger partial charge in [0.15, 0.2) is 0 Å². The molecule has 1 atom stereocenters. The summed E-state index contributed by atoms with van der Waals surface area (Å²) in [5.74, 6) is 0.926. The maximum Gasteiger partial charge on any atom is 0.625 e. The van der Waals surface area contributed by atoms with E-state index in [1.807, 2.05) is 18.2 Å². The van der Waals surface area contributed by atoms with E-state index in [4.69, 9.17) is 18.7 Å². The van der Waals surface area contributed by atoms with Crippen LogP contribution in [0.3, 0.4) is 0 Å². The first-order chi connectivity index (χ1) is 9.73. The van der Waals surface area contributed by atoms with Gasteiger partial charge in [0.1, 0.15) is 18.5 Å². The number of hydrogen-bond acceptors (Lipinski definition) is 4. The molecule has 0 amide bonds. The van der Waals surface area contributed by atoms with Crippen molar-refractivity contribution in [3.63, 3.8) is 0 Å². The zero-order chi connectivity index (χ0) is 13.6. The lowest BCUT2D eigenvalue weighted by Crippen LogP contribution is -2.59. The largest absolute Gasteiger partial charge is 0.625 e. The highest BCUT2D eigenvalue weighted by Gasteiger charge is 2.66. The molecular formula is C14H20BNO4. The van der Waals surface area contributed by atoms with Gasteiger partial charge < -0.3 is 23.1 Å². The molecule has 6 heteroatoms. The lowest BCUT2D eigenvalue weighted by Gasteiger charge is -2.37. The van der Waals surface area contributed by atoms with Crippen molar-refractivity contribution in [3.05, 3.63) is 29.8 Å². The van der Waals surface area contributed by atoms with Crippen LogP contribution in [0.2, 0.25) is 0 Å². The van der Waals surface area contributed by atoms with Crippen LogP contribution in [-0.2, 0) is 14.0 Å². The smallest absolute Gasteiger partial charge is 0.491 e. The minimum absolute atomic E-state index is 0.0511. The summed E-state index contributed by atoms with van der Waals surface area (Å²) >= 11 is 0. The predicted octanol–water partition coefficient (Wildman–Crippen LogP) is 1.09. The Morgan fingerprint density at radius 3 is 2.70 bits per heavy atom. The summed E-state index contributed by atoms with van der Waals surface area (Å²) in [6, 6.07) is 8.06. The summed E-state index contributed by atoms with van der Waals surface area (Å²) in [7, 11) is 0. The molecule has 1 aromatic rings. The van der Waals surface area contributed by atoms with Crippen molar-refractivity contribution >= 4 is 6.89 Å². The zero-order valence-corrected chi connectivity index (χ0v) is 11.8. The van der Waals surface area contributed by atoms with Crippen molar-refractivity contribution < 1.29 is 23.1 Å². The lowest BCUT2D eigenvalue weighted by molar-refractivity contribution is -0.816. The van der Waals surface area contributed by atoms with Crippen LogP contribution in [0.1, 0.15) is 5.56 Å². The number of quaternary nitrogens is 1. The molecule has 3 heterocycles. The number of nitrogens with zero attached hydrogens (tertiary/aromatic N) is 1. The van der Waals surface area contributed by atoms with Gasteiger partial charge in [-0.1, -0.05) is 18.2 Å². The van der Waals surface area contributed by atoms with E-state index in [1.54, 1.807) is 0 Å². The third-order valence-electron chi connectivity index (χ3n) is 4.85. The second-order valence-corrected chi connectivity index (χ2v) is 6.03. The number of para-hydroxylation sites is 1. The molecule has 0 radical (unpaired) electrons. The molecule has 3 saturated heterocycles. The topological polar surface area (TPSA) is 36.9 Å². The molecule has 3 aliphatic rings. The fourth-order valence-electron chi connectivity index (χ4n) is 3.76. The van der Waals surface area contributed by atoms with E-state index < -0.39 is 6.89 Å². The fraction of sp³-hybridized carbons (Fsp3) is 0.571. The third-order valence-corrected chi connectivity index (χ3v) is 4.85. The van der Waals surface area contributed by atoms with Crippen molar-refractivity contribution in [1.82, 2.24) is 0 Å². The van der Waals surface area contributed by atoms with Crippen LogP contribution in [0, 0.1) is 6.92 Å². The highest BCUT2D eigenvalue weighted by molar-refractivity contribution is 6.54. The van der Waals surface area contributed by atoms with Gasteiger partial charge in [-0.25, -0.2) is 0 Å². The molecule has 108 valence electrons. The van der Waals surface area contributed by atoms with Crippen LogP contribution in [0.15, 0.2) is 24.3 Å². The summed E-state index contributed by atoms with van der Waals surface area (Å²) in [5, 5.41) is 0. The highest BCUT2D eigenvalue weighted by Crippen LogP contribution is 2.41. The molecule has 0 aromatic heterocycles. The average Bonchev–Trinajstić information content (AvgIpc) is 2.98. The standard InChI is InChI=1S/C14H20BNO4/c1-12-4-2-3-5-14(12)17-11-13-10-16-6-8-18-15(16,20-13)19-9-7-16/h2-5,13H,6-11H2,1H3/t13-,15?,16?/m1/s1. The van der Waals surface area contributed by atoms with Crippen LogP contribution in [-0.4, -0.2) is 56.8 Å². The Morgan fingerprint density at radius 2 is 2.00 bits per heavy atom. The Bertz CT molecular complexity index is 494. The van der Waals surface area contributed by atoms with Crippen LogP contribution in [0.5, 0.6) is 5.75 Å². The van der Waals surface area contributed by atoms with Gasteiger partial charge >= 0.3 is 6.89 Å². The molecule has 0 spiro atoms. The third kappa shape index (κ3) is 1.72. The van der Waals surface area contributed by atoms with Crippen molar-refractivity contribution in [1.29, 1.82) is 0 Å². The first-order valence-corrected chi connectivity index (χ1v) is 7.36. The fourth-order valence-corrected chi connectivity index (χ4v) is 3.76. The number of ether oxygens (including phenoxy) is 1. The Hall–Kier alpha value is -1.08. The molecular weight excluding hydrogens is 257 g/mol. The molecule has 3 fully saturated rings. The molecule has 0 N–H and O–H groups in total. The normalized spacial score (nSPS) is 38.8. The van der Waals surface area contributed by atoms with Gasteiger partial charge in [0.25, 0.3) is 0 Å². The second kappa shape index (κ2) is 4.46. The van der Waals surface area contributed by atoms with Gasteiger partial charge in [-0.15, -0.1) is 0 Å². The van der Waals surface area contributed by atoms with Gasteiger partial charge in [-0.3, -0.25) is 0 Å². The molecule has 4 rings (SSSR count). The van der Waals surface area contributed by atoms with Crippen molar-refractivity contribution in [2.75, 3.05) is 39.5 Å². The van der Waals surface area contributed by atoms with E-state index in [-0.39, 0.29) is 6.10 Å². The Morgan fingerprint density at radius 1 is 1.25 bits per heavy atom. The predicted molar refractivity (Wildman–Crippen MR) is 74.1 cm³/mol. The first-order valence-electron chi connectivity index (χ1n) is 7.36. The van der Waals surface area contributed by atoms with E-state index in [1.165, 1.54) is 0 Å². The molecule has 0 saturated carbocycles. The summed E-state index contributed by atoms with van der Waals surface area (Å²) in [4.78, 5) is 0. The molecule has 0 bridgehead atoms. The minimum Gasteiger partial charge on any atom is -0.491 e. The molecule has 1 aromatic carbocycles. The average molecular weight is 277 g/mol. The summed E-state index contributed by atoms with van der Waals surface area (Å²) in [6.07, 6.45) is 0.0511. The van der Waals surface area contributed by atoms with Crippen molar-refractivity contribution in [3.8, 4) is 5.75 Å². The van der Waals surface area contributed by atoms with Gasteiger partial charge in [0, 0.05) is 0 Å². The van der Waals surface area contributed by atoms with E-state index >= 15 is 0 Å². The Labute approximate surface area is 119 Å². The summed E-state index contributed by atoms with van der Waals surface area (Å²) < 4.78 is 24.5. The minimum atomic E-state index is -1.56. The second-order valence-electron chi connectivity index (χ2n) is 6.03. The van der Waals surface area contributed by atoms with Gasteiger partial charge in [0.2, 0.25) is 0 Å². The van der Waals surface area contributed by atoms with E-state index in [0.29, 0.717) is 6.61 Å². The number of hydrogen-bond donors (Lipinski definition) is 0. The molecule has 0 aliphatic carbocycles. The first kappa shape index (κ1) is 12.6. The van der Waals surface area contributed by atoms with Crippen molar-refractivity contribution in [2.45, 2.75) is 13.0 Å². The molecule has 20 heavy (non-hydrogen) atoms. The number of rotatable bonds is 3. The van der Waals surface area contributed by atoms with Gasteiger partial charge in [-0.2, -0.15) is 0 Å². The lowest BCUT2D eigenvalue weighted by atomic mass is 9.94. The van der Waals surface area contributed by atoms with Crippen LogP contribution in [0.25, 0.3) is 0 Å². The van der Waals surface area contributed by atoms with Crippen LogP contribution in [0.4, 0.5) is 0 Å². The van der Waals surface area contributed by atoms with Gasteiger partial charge in [0.05, 0.1) is 32.8 Å². The Kier molecular flexibility index (Phi) is 2.82. The Balaban J connectivity index is 1.44. The maximum absolute atomic E-state index is 6.11. The van der Waals surface area contributed by atoms with E-state index in [2.05, 4.69) is 13.0 Å². The number of aryl methyl sites for hydroxylation is 1. The van der Waals surface area contributed by atoms with Crippen LogP contribution < -0.4 is 4.74 Å². The van der Waals surface area contributed by atoms with Crippen molar-refractivity contribution in [2.24, 2.45) is 0 Å². The SMILES string of the molecule is Cc1ccccc1OC[C@H]1C[N+]23CCO[B-]2(OCC3)O1. The van der Waals surface area contributed by atoms with Crippen LogP contribution >= 0.6 is 0 Å². The van der Waals surface area contributed by atoms with E-state index in [0.717, 1.165) is 48.6 Å².